The molecule has 0 bridgehead atoms. The van der Waals surface area contributed by atoms with Gasteiger partial charge in [-0.15, -0.1) is 0 Å². The minimum atomic E-state index is -4.61. The van der Waals surface area contributed by atoms with Gasteiger partial charge < -0.3 is 9.11 Å². The molecule has 12 nitrogen and oxygen atoms in total. The number of rotatable bonds is 7. The summed E-state index contributed by atoms with van der Waals surface area (Å²) in [5, 5.41) is 10.4. The Hall–Kier alpha value is -0.967. The third kappa shape index (κ3) is 8.32. The van der Waals surface area contributed by atoms with E-state index in [1.165, 1.54) is 36.6 Å². The van der Waals surface area contributed by atoms with Gasteiger partial charge in [0, 0.05) is 6.21 Å². The Morgan fingerprint density at radius 1 is 0.775 bits per heavy atom. The van der Waals surface area contributed by atoms with Gasteiger partial charge in [-0.1, -0.05) is 24.3 Å². The average molecular weight is 633 g/mol. The summed E-state index contributed by atoms with van der Waals surface area (Å²) in [4.78, 5) is 24.5. The van der Waals surface area contributed by atoms with Crippen LogP contribution in [0.2, 0.25) is 0 Å². The number of hydrogen-bond acceptors (Lipinski definition) is 10. The molecule has 2 aromatic carbocycles. The summed E-state index contributed by atoms with van der Waals surface area (Å²) in [6.07, 6.45) is 9.28. The molecule has 0 spiro atoms. The second-order valence-electron chi connectivity index (χ2n) is 7.99. The van der Waals surface area contributed by atoms with Gasteiger partial charge in [-0.05, 0) is 61.5 Å². The largest absolute Gasteiger partial charge is 1.00 e. The van der Waals surface area contributed by atoms with Crippen LogP contribution in [0, 0.1) is 5.92 Å². The van der Waals surface area contributed by atoms with E-state index in [4.69, 9.17) is 0 Å². The molecule has 2 aliphatic heterocycles. The second-order valence-corrected chi connectivity index (χ2v) is 10.7. The van der Waals surface area contributed by atoms with E-state index in [-0.39, 0.29) is 109 Å². The summed E-state index contributed by atoms with van der Waals surface area (Å²) in [5.74, 6) is -1.51. The van der Waals surface area contributed by atoms with Crippen molar-refractivity contribution in [3.8, 4) is 0 Å². The summed E-state index contributed by atoms with van der Waals surface area (Å²) >= 11 is 0. The van der Waals surface area contributed by atoms with Crippen LogP contribution in [0.5, 0.6) is 0 Å². The van der Waals surface area contributed by atoms with Crippen molar-refractivity contribution in [3.63, 3.8) is 0 Å². The van der Waals surface area contributed by atoms with Crippen molar-refractivity contribution in [2.45, 2.75) is 16.7 Å². The molecular formula is C24H18K2N4O8S2. The second kappa shape index (κ2) is 14.5. The standard InChI is InChI=1S/C24H20N4O8S2.2K/c1-16-22(24(30)28(26-16)19-9-13-21(14-10-19)38(34,35)36)6-4-2-3-5-17-15-25-27(23(17)29)18-7-11-20(12-8-18)37(31,32)33;;/h2-15,17H,1H3,(H,31,32,33)(H,34,35,36);;/q;2*+1/p-2/b4-2-,5-3-,22-6-;;. The molecule has 0 aliphatic carbocycles. The SMILES string of the molecule is CC1=NN(c2ccc(S(=O)(=O)[O-])cc2)C(=O)\C1=C/C=C\C=C/C1C=NN(c2ccc(S(=O)(=O)[O-])cc2)C1=O.[K+].[K+]. The van der Waals surface area contributed by atoms with Gasteiger partial charge in [0.2, 0.25) is 0 Å². The van der Waals surface area contributed by atoms with Crippen molar-refractivity contribution >= 4 is 55.4 Å². The van der Waals surface area contributed by atoms with Crippen molar-refractivity contribution in [1.82, 2.24) is 0 Å². The van der Waals surface area contributed by atoms with Gasteiger partial charge in [0.1, 0.15) is 20.2 Å². The first-order valence-electron chi connectivity index (χ1n) is 10.8. The third-order valence-electron chi connectivity index (χ3n) is 5.44. The van der Waals surface area contributed by atoms with E-state index >= 15 is 0 Å². The Kier molecular flexibility index (Phi) is 12.7. The smallest absolute Gasteiger partial charge is 0.744 e. The average Bonchev–Trinajstić information content (AvgIpc) is 3.36. The van der Waals surface area contributed by atoms with Gasteiger partial charge in [0.15, 0.2) is 0 Å². The number of carbonyl (C=O) groups excluding carboxylic acids is 2. The van der Waals surface area contributed by atoms with Crippen molar-refractivity contribution in [3.05, 3.63) is 84.5 Å². The maximum absolute atomic E-state index is 12.8. The molecule has 2 aromatic rings. The molecular weight excluding hydrogens is 615 g/mol. The maximum atomic E-state index is 12.8. The van der Waals surface area contributed by atoms with Gasteiger partial charge in [0.25, 0.3) is 11.8 Å². The molecule has 2 heterocycles. The van der Waals surface area contributed by atoms with E-state index in [2.05, 4.69) is 10.2 Å². The minimum Gasteiger partial charge on any atom is -0.744 e. The molecule has 1 unspecified atom stereocenters. The normalized spacial score (nSPS) is 18.5. The molecule has 0 fully saturated rings. The molecule has 0 N–H and O–H groups in total. The van der Waals surface area contributed by atoms with E-state index < -0.39 is 41.9 Å². The van der Waals surface area contributed by atoms with Crippen LogP contribution < -0.4 is 113 Å². The molecule has 0 radical (unpaired) electrons. The Morgan fingerprint density at radius 2 is 1.27 bits per heavy atom. The predicted octanol–water partition coefficient (Wildman–Crippen LogP) is -4.09. The van der Waals surface area contributed by atoms with Crippen molar-refractivity contribution in [2.24, 2.45) is 16.1 Å². The van der Waals surface area contributed by atoms with Crippen LogP contribution in [0.4, 0.5) is 11.4 Å². The zero-order valence-corrected chi connectivity index (χ0v) is 29.4. The first kappa shape index (κ1) is 35.2. The summed E-state index contributed by atoms with van der Waals surface area (Å²) < 4.78 is 66.4. The molecule has 16 heteroatoms. The Bertz CT molecular complexity index is 1670. The fourth-order valence-corrected chi connectivity index (χ4v) is 4.46. The summed E-state index contributed by atoms with van der Waals surface area (Å²) in [7, 11) is -9.21. The van der Waals surface area contributed by atoms with Crippen LogP contribution in [-0.4, -0.2) is 49.7 Å². The number of carbonyl (C=O) groups is 2. The Morgan fingerprint density at radius 3 is 1.77 bits per heavy atom. The zero-order chi connectivity index (χ0) is 27.7. The molecule has 0 saturated carbocycles. The van der Waals surface area contributed by atoms with E-state index in [0.717, 1.165) is 34.3 Å². The predicted molar refractivity (Wildman–Crippen MR) is 135 cm³/mol. The number of amides is 2. The van der Waals surface area contributed by atoms with Crippen LogP contribution in [0.3, 0.4) is 0 Å². The van der Waals surface area contributed by atoms with Gasteiger partial charge >= 0.3 is 103 Å². The minimum absolute atomic E-state index is 0. The molecule has 2 amide bonds. The number of nitrogens with zero attached hydrogens (tertiary/aromatic N) is 4. The fraction of sp³-hybridized carbons (Fsp3) is 0.0833. The van der Waals surface area contributed by atoms with Crippen molar-refractivity contribution < 1.29 is 138 Å². The first-order valence-corrected chi connectivity index (χ1v) is 13.6. The monoisotopic (exact) mass is 632 g/mol. The molecule has 196 valence electrons. The third-order valence-corrected chi connectivity index (χ3v) is 7.14. The summed E-state index contributed by atoms with van der Waals surface area (Å²) in [6, 6.07) is 9.64. The van der Waals surface area contributed by atoms with E-state index in [1.54, 1.807) is 31.2 Å². The van der Waals surface area contributed by atoms with E-state index in [0.29, 0.717) is 22.7 Å². The summed E-state index contributed by atoms with van der Waals surface area (Å²) in [6.45, 7) is 1.63. The summed E-state index contributed by atoms with van der Waals surface area (Å²) in [5.41, 5.74) is 1.32. The Labute approximate surface area is 315 Å². The Balaban J connectivity index is 0.00000280. The van der Waals surface area contributed by atoms with Crippen molar-refractivity contribution in [2.75, 3.05) is 10.0 Å². The molecule has 1 atom stereocenters. The first-order chi connectivity index (χ1) is 17.9. The van der Waals surface area contributed by atoms with Crippen LogP contribution in [0.25, 0.3) is 0 Å². The molecule has 0 aromatic heterocycles. The van der Waals surface area contributed by atoms with Crippen molar-refractivity contribution in [1.29, 1.82) is 0 Å². The number of hydrogen-bond donors (Lipinski definition) is 0. The van der Waals surface area contributed by atoms with Gasteiger partial charge in [-0.3, -0.25) is 9.59 Å². The fourth-order valence-electron chi connectivity index (χ4n) is 3.52. The molecule has 2 aliphatic rings. The quantitative estimate of drug-likeness (QED) is 0.128. The number of hydrazone groups is 2. The van der Waals surface area contributed by atoms with Crippen LogP contribution in [-0.2, 0) is 29.8 Å². The topological polar surface area (TPSA) is 180 Å². The maximum Gasteiger partial charge on any atom is 1.00 e. The number of anilines is 2. The van der Waals surface area contributed by atoms with Crippen LogP contribution in [0.1, 0.15) is 6.92 Å². The molecule has 40 heavy (non-hydrogen) atoms. The van der Waals surface area contributed by atoms with Crippen LogP contribution >= 0.6 is 0 Å². The van der Waals surface area contributed by atoms with E-state index in [1.807, 2.05) is 0 Å². The van der Waals surface area contributed by atoms with Crippen LogP contribution in [0.15, 0.2) is 104 Å². The van der Waals surface area contributed by atoms with Gasteiger partial charge in [-0.2, -0.15) is 15.2 Å². The van der Waals surface area contributed by atoms with E-state index in [9.17, 15) is 35.5 Å². The molecule has 4 rings (SSSR count). The number of allylic oxidation sites excluding steroid dienone is 4. The number of benzene rings is 2. The molecule has 0 saturated heterocycles. The van der Waals surface area contributed by atoms with Gasteiger partial charge in [0.05, 0.1) is 38.4 Å². The zero-order valence-electron chi connectivity index (χ0n) is 21.5. The van der Waals surface area contributed by atoms with Gasteiger partial charge in [-0.25, -0.2) is 21.8 Å².